The van der Waals surface area contributed by atoms with Crippen LogP contribution in [0.15, 0.2) is 95.9 Å². The van der Waals surface area contributed by atoms with Crippen LogP contribution < -0.4 is 20.9 Å². The van der Waals surface area contributed by atoms with Crippen LogP contribution in [0.5, 0.6) is 11.5 Å². The lowest BCUT2D eigenvalue weighted by atomic mass is 9.80. The van der Waals surface area contributed by atoms with Gasteiger partial charge in [-0.25, -0.2) is 9.36 Å². The smallest absolute Gasteiger partial charge is 0.470 e. The van der Waals surface area contributed by atoms with Crippen LogP contribution >= 0.6 is 7.82 Å². The number of hydrogen-bond donors (Lipinski definition) is 4. The molecular formula is C30H32N3O10P. The number of hydrogen-bond acceptors (Lipinski definition) is 10. The van der Waals surface area contributed by atoms with E-state index in [1.807, 2.05) is 54.6 Å². The van der Waals surface area contributed by atoms with Crippen LogP contribution in [0.4, 0.5) is 5.82 Å². The molecule has 0 unspecified atom stereocenters. The fraction of sp³-hybridized carbons (Fsp3) is 0.267. The number of benzene rings is 3. The van der Waals surface area contributed by atoms with Crippen molar-refractivity contribution in [2.45, 2.75) is 30.1 Å². The quantitative estimate of drug-likeness (QED) is 0.141. The molecule has 0 spiro atoms. The van der Waals surface area contributed by atoms with E-state index in [2.05, 4.69) is 4.98 Å². The zero-order chi connectivity index (χ0) is 31.5. The van der Waals surface area contributed by atoms with E-state index >= 15 is 0 Å². The van der Waals surface area contributed by atoms with E-state index in [-0.39, 0.29) is 12.4 Å². The highest BCUT2D eigenvalue weighted by Gasteiger charge is 2.50. The van der Waals surface area contributed by atoms with Gasteiger partial charge >= 0.3 is 13.5 Å². The summed E-state index contributed by atoms with van der Waals surface area (Å²) in [6.45, 7) is -0.345. The van der Waals surface area contributed by atoms with Gasteiger partial charge in [0.05, 0.1) is 20.8 Å². The second-order valence-corrected chi connectivity index (χ2v) is 11.2. The van der Waals surface area contributed by atoms with Crippen molar-refractivity contribution in [3.63, 3.8) is 0 Å². The van der Waals surface area contributed by atoms with Crippen molar-refractivity contribution in [2.75, 3.05) is 26.6 Å². The molecule has 5 N–H and O–H groups in total. The van der Waals surface area contributed by atoms with Crippen molar-refractivity contribution in [3.8, 4) is 11.5 Å². The maximum absolute atomic E-state index is 12.6. The van der Waals surface area contributed by atoms with Crippen LogP contribution in [0.2, 0.25) is 0 Å². The standard InChI is InChI=1S/C30H32N3O10P/c1-39-22-12-8-20(9-13-22)30(19-6-4-3-5-7-19,21-10-14-23(40-2)15-11-21)41-18-24-27(43-44(36,37)38)26(34)28(42-24)33-17-16-25(31)32-29(33)35/h3-17,24,26-28,34H,18H2,1-2H3,(H2,31,32,35)(H2,36,37,38)/t24-,26-,27-,28-/m1/s1. The summed E-state index contributed by atoms with van der Waals surface area (Å²) >= 11 is 0. The molecule has 4 atom stereocenters. The van der Waals surface area contributed by atoms with Crippen LogP contribution in [0.1, 0.15) is 22.9 Å². The predicted octanol–water partition coefficient (Wildman–Crippen LogP) is 2.59. The van der Waals surface area contributed by atoms with Gasteiger partial charge in [0.2, 0.25) is 0 Å². The summed E-state index contributed by atoms with van der Waals surface area (Å²) in [5.74, 6) is 1.19. The number of anilines is 1. The van der Waals surface area contributed by atoms with Crippen LogP contribution in [-0.2, 0) is 24.2 Å². The van der Waals surface area contributed by atoms with Gasteiger partial charge in [-0.15, -0.1) is 0 Å². The van der Waals surface area contributed by atoms with E-state index in [4.69, 9.17) is 29.2 Å². The minimum absolute atomic E-state index is 0.0479. The second-order valence-electron chi connectivity index (χ2n) is 9.97. The Kier molecular flexibility index (Phi) is 9.18. The molecule has 13 nitrogen and oxygen atoms in total. The van der Waals surface area contributed by atoms with E-state index in [1.165, 1.54) is 12.3 Å². The fourth-order valence-electron chi connectivity index (χ4n) is 5.27. The molecule has 1 aromatic heterocycles. The van der Waals surface area contributed by atoms with Crippen molar-refractivity contribution >= 4 is 13.6 Å². The van der Waals surface area contributed by atoms with Gasteiger partial charge in [-0.2, -0.15) is 4.98 Å². The Morgan fingerprint density at radius 2 is 1.45 bits per heavy atom. The molecule has 1 saturated heterocycles. The molecule has 1 aliphatic heterocycles. The zero-order valence-corrected chi connectivity index (χ0v) is 24.7. The minimum atomic E-state index is -5.13. The van der Waals surface area contributed by atoms with Crippen LogP contribution in [0.3, 0.4) is 0 Å². The summed E-state index contributed by atoms with van der Waals surface area (Å²) in [7, 11) is -2.02. The molecule has 232 valence electrons. The molecule has 44 heavy (non-hydrogen) atoms. The van der Waals surface area contributed by atoms with Gasteiger partial charge in [0.15, 0.2) is 6.23 Å². The summed E-state index contributed by atoms with van der Waals surface area (Å²) in [6.07, 6.45) is -4.68. The molecule has 0 amide bonds. The third-order valence-electron chi connectivity index (χ3n) is 7.33. The largest absolute Gasteiger partial charge is 0.497 e. The van der Waals surface area contributed by atoms with Crippen molar-refractivity contribution in [1.82, 2.24) is 9.55 Å². The van der Waals surface area contributed by atoms with E-state index in [9.17, 15) is 24.3 Å². The van der Waals surface area contributed by atoms with Gasteiger partial charge in [0, 0.05) is 6.20 Å². The topological polar surface area (TPSA) is 185 Å². The van der Waals surface area contributed by atoms with E-state index in [0.29, 0.717) is 22.6 Å². The number of aliphatic hydroxyl groups excluding tert-OH is 1. The van der Waals surface area contributed by atoms with Gasteiger partial charge < -0.3 is 39.6 Å². The summed E-state index contributed by atoms with van der Waals surface area (Å²) < 4.78 is 41.5. The van der Waals surface area contributed by atoms with E-state index in [0.717, 1.165) is 10.1 Å². The number of aliphatic hydroxyl groups is 1. The number of phosphoric ester groups is 1. The van der Waals surface area contributed by atoms with Crippen LogP contribution in [0, 0.1) is 0 Å². The Labute approximate surface area is 252 Å². The number of methoxy groups -OCH3 is 2. The number of nitrogen functional groups attached to an aromatic ring is 1. The molecule has 0 radical (unpaired) electrons. The lowest BCUT2D eigenvalue weighted by Crippen LogP contribution is -2.40. The van der Waals surface area contributed by atoms with Crippen molar-refractivity contribution in [2.24, 2.45) is 0 Å². The molecule has 0 bridgehead atoms. The SMILES string of the molecule is COc1ccc(C(OC[C@H]2O[C@@H](n3ccc(N)nc3=O)[C@H](O)[C@@H]2OP(=O)(O)O)(c2ccccc2)c2ccc(OC)cc2)cc1. The maximum atomic E-state index is 12.6. The first-order chi connectivity index (χ1) is 21.1. The van der Waals surface area contributed by atoms with E-state index < -0.39 is 43.7 Å². The van der Waals surface area contributed by atoms with Crippen LogP contribution in [0.25, 0.3) is 0 Å². The van der Waals surface area contributed by atoms with Gasteiger partial charge in [-0.1, -0.05) is 54.6 Å². The highest BCUT2D eigenvalue weighted by Crippen LogP contribution is 2.46. The molecule has 2 heterocycles. The summed E-state index contributed by atoms with van der Waals surface area (Å²) in [5, 5.41) is 11.1. The third-order valence-corrected chi connectivity index (χ3v) is 7.85. The van der Waals surface area contributed by atoms with Crippen LogP contribution in [-0.4, -0.2) is 63.6 Å². The molecule has 0 aliphatic carbocycles. The molecule has 4 aromatic rings. The Morgan fingerprint density at radius 1 is 0.909 bits per heavy atom. The predicted molar refractivity (Wildman–Crippen MR) is 158 cm³/mol. The summed E-state index contributed by atoms with van der Waals surface area (Å²) in [5.41, 5.74) is 5.57. The summed E-state index contributed by atoms with van der Waals surface area (Å²) in [6, 6.07) is 25.1. The maximum Gasteiger partial charge on any atom is 0.470 e. The third kappa shape index (κ3) is 6.40. The second kappa shape index (κ2) is 12.9. The number of aromatic nitrogens is 2. The lowest BCUT2D eigenvalue weighted by Gasteiger charge is -2.37. The number of nitrogens with two attached hydrogens (primary N) is 1. The van der Waals surface area contributed by atoms with Gasteiger partial charge in [0.25, 0.3) is 0 Å². The Balaban J connectivity index is 1.60. The first kappa shape index (κ1) is 31.4. The molecule has 3 aromatic carbocycles. The Morgan fingerprint density at radius 3 is 1.95 bits per heavy atom. The van der Waals surface area contributed by atoms with Gasteiger partial charge in [0.1, 0.15) is 41.2 Å². The molecule has 1 aliphatic rings. The number of phosphoric acid groups is 1. The van der Waals surface area contributed by atoms with Crippen molar-refractivity contribution in [3.05, 3.63) is 118 Å². The van der Waals surface area contributed by atoms with Gasteiger partial charge in [-0.3, -0.25) is 9.09 Å². The van der Waals surface area contributed by atoms with Crippen molar-refractivity contribution < 1.29 is 42.9 Å². The van der Waals surface area contributed by atoms with E-state index in [1.54, 1.807) is 38.5 Å². The first-order valence-electron chi connectivity index (χ1n) is 13.5. The molecule has 0 saturated carbocycles. The minimum Gasteiger partial charge on any atom is -0.497 e. The first-order valence-corrected chi connectivity index (χ1v) is 15.0. The van der Waals surface area contributed by atoms with Crippen molar-refractivity contribution in [1.29, 1.82) is 0 Å². The van der Waals surface area contributed by atoms with Gasteiger partial charge in [-0.05, 0) is 47.0 Å². The average molecular weight is 626 g/mol. The Bertz CT molecular complexity index is 1610. The highest BCUT2D eigenvalue weighted by atomic mass is 31.2. The fourth-order valence-corrected chi connectivity index (χ4v) is 5.85. The number of ether oxygens (including phenoxy) is 4. The molecule has 5 rings (SSSR count). The Hall–Kier alpha value is -4.07. The zero-order valence-electron chi connectivity index (χ0n) is 23.8. The molecule has 14 heteroatoms. The highest BCUT2D eigenvalue weighted by molar-refractivity contribution is 7.46. The molecule has 1 fully saturated rings. The lowest BCUT2D eigenvalue weighted by molar-refractivity contribution is -0.0951. The number of nitrogens with zero attached hydrogens (tertiary/aromatic N) is 2. The average Bonchev–Trinajstić information content (AvgIpc) is 3.31. The molecular weight excluding hydrogens is 593 g/mol. The normalized spacial score (nSPS) is 20.4. The monoisotopic (exact) mass is 625 g/mol. The number of rotatable bonds is 11. The summed E-state index contributed by atoms with van der Waals surface area (Å²) in [4.78, 5) is 35.6.